The van der Waals surface area contributed by atoms with E-state index in [-0.39, 0.29) is 18.6 Å². The summed E-state index contributed by atoms with van der Waals surface area (Å²) in [7, 11) is 0. The Morgan fingerprint density at radius 1 is 1.22 bits per heavy atom. The molecule has 0 spiro atoms. The van der Waals surface area contributed by atoms with Crippen molar-refractivity contribution in [1.29, 1.82) is 0 Å². The number of furan rings is 1. The number of amides is 1. The van der Waals surface area contributed by atoms with E-state index >= 15 is 0 Å². The van der Waals surface area contributed by atoms with Gasteiger partial charge in [0, 0.05) is 9.86 Å². The zero-order chi connectivity index (χ0) is 16.2. The van der Waals surface area contributed by atoms with Crippen LogP contribution in [0.5, 0.6) is 5.75 Å². The largest absolute Gasteiger partial charge is 0.484 e. The van der Waals surface area contributed by atoms with Crippen LogP contribution in [0, 0.1) is 0 Å². The van der Waals surface area contributed by atoms with Gasteiger partial charge >= 0.3 is 0 Å². The van der Waals surface area contributed by atoms with E-state index in [1.54, 1.807) is 6.07 Å². The van der Waals surface area contributed by atoms with Crippen molar-refractivity contribution in [3.8, 4) is 5.75 Å². The molecule has 3 rings (SSSR count). The van der Waals surface area contributed by atoms with Gasteiger partial charge < -0.3 is 14.5 Å². The van der Waals surface area contributed by atoms with Gasteiger partial charge in [0.2, 0.25) is 0 Å². The van der Waals surface area contributed by atoms with Gasteiger partial charge in [0.1, 0.15) is 17.1 Å². The Kier molecular flexibility index (Phi) is 4.67. The fourth-order valence-electron chi connectivity index (χ4n) is 2.28. The molecule has 0 bridgehead atoms. The van der Waals surface area contributed by atoms with Crippen LogP contribution in [0.3, 0.4) is 0 Å². The predicted octanol–water partition coefficient (Wildman–Crippen LogP) is 4.45. The number of rotatable bonds is 5. The van der Waals surface area contributed by atoms with Crippen molar-refractivity contribution < 1.29 is 13.9 Å². The Labute approximate surface area is 142 Å². The predicted molar refractivity (Wildman–Crippen MR) is 92.4 cm³/mol. The molecule has 2 aromatic carbocycles. The molecule has 0 saturated heterocycles. The van der Waals surface area contributed by atoms with E-state index < -0.39 is 0 Å². The standard InChI is InChI=1S/C18H16BrNO3/c1-12(17-9-13-5-2-3-8-16(13)23-17)20-18(21)11-22-15-7-4-6-14(19)10-15/h2-10,12H,11H2,1H3,(H,20,21)/t12-/m0/s1. The highest BCUT2D eigenvalue weighted by Gasteiger charge is 2.14. The topological polar surface area (TPSA) is 51.5 Å². The van der Waals surface area contributed by atoms with Crippen LogP contribution in [0.25, 0.3) is 11.0 Å². The summed E-state index contributed by atoms with van der Waals surface area (Å²) in [5.74, 6) is 1.17. The van der Waals surface area contributed by atoms with Gasteiger partial charge in [-0.2, -0.15) is 0 Å². The van der Waals surface area contributed by atoms with Gasteiger partial charge in [-0.05, 0) is 37.3 Å². The molecule has 4 nitrogen and oxygen atoms in total. The Bertz CT molecular complexity index is 795. The van der Waals surface area contributed by atoms with Crippen molar-refractivity contribution in [1.82, 2.24) is 5.32 Å². The summed E-state index contributed by atoms with van der Waals surface area (Å²) >= 11 is 3.36. The van der Waals surface area contributed by atoms with E-state index in [9.17, 15) is 4.79 Å². The first-order valence-electron chi connectivity index (χ1n) is 7.28. The number of halogens is 1. The minimum absolute atomic E-state index is 0.0407. The average molecular weight is 374 g/mol. The van der Waals surface area contributed by atoms with Crippen LogP contribution in [-0.2, 0) is 4.79 Å². The lowest BCUT2D eigenvalue weighted by molar-refractivity contribution is -0.123. The summed E-state index contributed by atoms with van der Waals surface area (Å²) in [6.07, 6.45) is 0. The van der Waals surface area contributed by atoms with Crippen molar-refractivity contribution >= 4 is 32.8 Å². The number of ether oxygens (including phenoxy) is 1. The summed E-state index contributed by atoms with van der Waals surface area (Å²) in [5, 5.41) is 3.89. The molecule has 1 amide bonds. The third kappa shape index (κ3) is 3.93. The smallest absolute Gasteiger partial charge is 0.258 e. The number of hydrogen-bond donors (Lipinski definition) is 1. The lowest BCUT2D eigenvalue weighted by atomic mass is 10.2. The molecule has 0 fully saturated rings. The van der Waals surface area contributed by atoms with Crippen molar-refractivity contribution in [2.45, 2.75) is 13.0 Å². The summed E-state index contributed by atoms with van der Waals surface area (Å²) in [6.45, 7) is 1.84. The van der Waals surface area contributed by atoms with E-state index in [1.165, 1.54) is 0 Å². The molecule has 118 valence electrons. The second-order valence-electron chi connectivity index (χ2n) is 5.22. The summed E-state index contributed by atoms with van der Waals surface area (Å²) < 4.78 is 12.1. The molecule has 3 aromatic rings. The van der Waals surface area contributed by atoms with Crippen LogP contribution >= 0.6 is 15.9 Å². The number of fused-ring (bicyclic) bond motifs is 1. The maximum Gasteiger partial charge on any atom is 0.258 e. The first-order chi connectivity index (χ1) is 11.1. The molecular formula is C18H16BrNO3. The molecule has 0 aliphatic carbocycles. The molecule has 1 atom stereocenters. The maximum atomic E-state index is 12.0. The highest BCUT2D eigenvalue weighted by atomic mass is 79.9. The fourth-order valence-corrected chi connectivity index (χ4v) is 2.65. The van der Waals surface area contributed by atoms with Crippen molar-refractivity contribution in [2.24, 2.45) is 0 Å². The number of para-hydroxylation sites is 1. The van der Waals surface area contributed by atoms with Gasteiger partial charge in [-0.15, -0.1) is 0 Å². The molecule has 23 heavy (non-hydrogen) atoms. The first kappa shape index (κ1) is 15.6. The van der Waals surface area contributed by atoms with E-state index in [0.717, 1.165) is 21.2 Å². The molecule has 0 saturated carbocycles. The molecule has 1 aromatic heterocycles. The molecule has 0 aliphatic rings. The zero-order valence-corrected chi connectivity index (χ0v) is 14.2. The normalized spacial score (nSPS) is 12.1. The SMILES string of the molecule is C[C@H](NC(=O)COc1cccc(Br)c1)c1cc2ccccc2o1. The van der Waals surface area contributed by atoms with Gasteiger partial charge in [-0.1, -0.05) is 40.2 Å². The number of benzene rings is 2. The van der Waals surface area contributed by atoms with Crippen LogP contribution < -0.4 is 10.1 Å². The van der Waals surface area contributed by atoms with Crippen LogP contribution in [0.4, 0.5) is 0 Å². The van der Waals surface area contributed by atoms with Crippen LogP contribution in [0.2, 0.25) is 0 Å². The molecule has 0 unspecified atom stereocenters. The van der Waals surface area contributed by atoms with Gasteiger partial charge in [-0.3, -0.25) is 4.79 Å². The monoisotopic (exact) mass is 373 g/mol. The van der Waals surface area contributed by atoms with Crippen molar-refractivity contribution in [3.05, 3.63) is 64.8 Å². The molecule has 5 heteroatoms. The summed E-state index contributed by atoms with van der Waals surface area (Å²) in [6, 6.07) is 16.9. The number of carbonyl (C=O) groups excluding carboxylic acids is 1. The highest BCUT2D eigenvalue weighted by Crippen LogP contribution is 2.23. The van der Waals surface area contributed by atoms with Crippen LogP contribution in [0.15, 0.2) is 63.5 Å². The second kappa shape index (κ2) is 6.87. The second-order valence-corrected chi connectivity index (χ2v) is 6.14. The van der Waals surface area contributed by atoms with Gasteiger partial charge in [0.05, 0.1) is 6.04 Å². The summed E-state index contributed by atoms with van der Waals surface area (Å²) in [4.78, 5) is 12.0. The number of hydrogen-bond acceptors (Lipinski definition) is 3. The molecular weight excluding hydrogens is 358 g/mol. The van der Waals surface area contributed by atoms with E-state index in [4.69, 9.17) is 9.15 Å². The molecule has 1 heterocycles. The quantitative estimate of drug-likeness (QED) is 0.718. The minimum atomic E-state index is -0.221. The minimum Gasteiger partial charge on any atom is -0.484 e. The van der Waals surface area contributed by atoms with Crippen LogP contribution in [-0.4, -0.2) is 12.5 Å². The van der Waals surface area contributed by atoms with Gasteiger partial charge in [-0.25, -0.2) is 0 Å². The molecule has 0 radical (unpaired) electrons. The van der Waals surface area contributed by atoms with E-state index in [0.29, 0.717) is 5.75 Å². The maximum absolute atomic E-state index is 12.0. The Balaban J connectivity index is 1.58. The van der Waals surface area contributed by atoms with Crippen molar-refractivity contribution in [2.75, 3.05) is 6.61 Å². The highest BCUT2D eigenvalue weighted by molar-refractivity contribution is 9.10. The van der Waals surface area contributed by atoms with Crippen molar-refractivity contribution in [3.63, 3.8) is 0 Å². The Morgan fingerprint density at radius 3 is 2.83 bits per heavy atom. The van der Waals surface area contributed by atoms with Crippen LogP contribution in [0.1, 0.15) is 18.7 Å². The molecule has 1 N–H and O–H groups in total. The van der Waals surface area contributed by atoms with E-state index in [2.05, 4.69) is 21.2 Å². The Morgan fingerprint density at radius 2 is 2.04 bits per heavy atom. The lowest BCUT2D eigenvalue weighted by Crippen LogP contribution is -2.31. The van der Waals surface area contributed by atoms with Gasteiger partial charge in [0.25, 0.3) is 5.91 Å². The zero-order valence-electron chi connectivity index (χ0n) is 12.6. The summed E-state index contributed by atoms with van der Waals surface area (Å²) in [5.41, 5.74) is 0.814. The first-order valence-corrected chi connectivity index (χ1v) is 8.07. The third-order valence-corrected chi connectivity index (χ3v) is 3.91. The Hall–Kier alpha value is -2.27. The number of nitrogens with one attached hydrogen (secondary N) is 1. The lowest BCUT2D eigenvalue weighted by Gasteiger charge is -2.12. The number of carbonyl (C=O) groups is 1. The molecule has 0 aliphatic heterocycles. The van der Waals surface area contributed by atoms with E-state index in [1.807, 2.05) is 55.5 Å². The fraction of sp³-hybridized carbons (Fsp3) is 0.167. The average Bonchev–Trinajstić information content (AvgIpc) is 2.97. The third-order valence-electron chi connectivity index (χ3n) is 3.41. The van der Waals surface area contributed by atoms with Gasteiger partial charge in [0.15, 0.2) is 6.61 Å².